The monoisotopic (exact) mass is 369 g/mol. The van der Waals surface area contributed by atoms with Crippen molar-refractivity contribution in [3.63, 3.8) is 0 Å². The van der Waals surface area contributed by atoms with Gasteiger partial charge >= 0.3 is 6.36 Å². The van der Waals surface area contributed by atoms with Gasteiger partial charge in [0.05, 0.1) is 6.54 Å². The highest BCUT2D eigenvalue weighted by Gasteiger charge is 2.31. The maximum Gasteiger partial charge on any atom is 0.573 e. The lowest BCUT2D eigenvalue weighted by Crippen LogP contribution is -2.42. The molecule has 0 radical (unpaired) electrons. The summed E-state index contributed by atoms with van der Waals surface area (Å²) in [5.74, 6) is -0.191. The Kier molecular flexibility index (Phi) is 5.65. The molecule has 2 unspecified atom stereocenters. The van der Waals surface area contributed by atoms with Gasteiger partial charge in [0.2, 0.25) is 0 Å². The number of benzene rings is 1. The molecule has 2 atom stereocenters. The number of nitrogens with one attached hydrogen (secondary N) is 1. The van der Waals surface area contributed by atoms with Crippen molar-refractivity contribution in [3.8, 4) is 5.75 Å². The standard InChI is InChI=1S/C17H22F3N5O/c1-2-13(10-25-12-21-11-22-25)23-14-6-7-24(9-14)15-4-3-5-16(8-15)26-17(18,19)20/h3-5,8,11-14,23H,2,6-7,9-10H2,1H3. The van der Waals surface area contributed by atoms with E-state index in [2.05, 4.69) is 32.0 Å². The fourth-order valence-corrected chi connectivity index (χ4v) is 3.19. The largest absolute Gasteiger partial charge is 0.573 e. The molecule has 1 aliphatic rings. The molecule has 0 aliphatic carbocycles. The van der Waals surface area contributed by atoms with E-state index in [1.165, 1.54) is 18.5 Å². The summed E-state index contributed by atoms with van der Waals surface area (Å²) >= 11 is 0. The van der Waals surface area contributed by atoms with E-state index < -0.39 is 6.36 Å². The summed E-state index contributed by atoms with van der Waals surface area (Å²) in [5.41, 5.74) is 0.736. The van der Waals surface area contributed by atoms with Crippen LogP contribution in [-0.2, 0) is 6.54 Å². The highest BCUT2D eigenvalue weighted by atomic mass is 19.4. The van der Waals surface area contributed by atoms with Gasteiger partial charge in [-0.05, 0) is 25.0 Å². The molecule has 1 aromatic carbocycles. The second-order valence-electron chi connectivity index (χ2n) is 6.37. The smallest absolute Gasteiger partial charge is 0.406 e. The Bertz CT molecular complexity index is 692. The van der Waals surface area contributed by atoms with Gasteiger partial charge in [-0.25, -0.2) is 4.98 Å². The highest BCUT2D eigenvalue weighted by Crippen LogP contribution is 2.28. The Labute approximate surface area is 150 Å². The van der Waals surface area contributed by atoms with E-state index in [0.717, 1.165) is 38.2 Å². The van der Waals surface area contributed by atoms with Crippen LogP contribution in [0.25, 0.3) is 0 Å². The minimum atomic E-state index is -4.68. The van der Waals surface area contributed by atoms with Crippen molar-refractivity contribution in [2.75, 3.05) is 18.0 Å². The number of nitrogens with zero attached hydrogens (tertiary/aromatic N) is 4. The molecule has 1 fully saturated rings. The number of alkyl halides is 3. The van der Waals surface area contributed by atoms with Crippen molar-refractivity contribution < 1.29 is 17.9 Å². The molecule has 2 aromatic rings. The van der Waals surface area contributed by atoms with Crippen molar-refractivity contribution in [1.29, 1.82) is 0 Å². The van der Waals surface area contributed by atoms with E-state index in [1.54, 1.807) is 23.1 Å². The van der Waals surface area contributed by atoms with E-state index in [0.29, 0.717) is 0 Å². The minimum Gasteiger partial charge on any atom is -0.406 e. The van der Waals surface area contributed by atoms with Crippen molar-refractivity contribution >= 4 is 5.69 Å². The topological polar surface area (TPSA) is 55.2 Å². The normalized spacial score (nSPS) is 18.9. The molecule has 2 heterocycles. The fourth-order valence-electron chi connectivity index (χ4n) is 3.19. The van der Waals surface area contributed by atoms with Crippen LogP contribution in [0.1, 0.15) is 19.8 Å². The van der Waals surface area contributed by atoms with Crippen LogP contribution in [0.4, 0.5) is 18.9 Å². The van der Waals surface area contributed by atoms with E-state index in [9.17, 15) is 13.2 Å². The summed E-state index contributed by atoms with van der Waals surface area (Å²) in [6.45, 7) is 4.37. The molecule has 1 saturated heterocycles. The number of aromatic nitrogens is 3. The quantitative estimate of drug-likeness (QED) is 0.813. The van der Waals surface area contributed by atoms with E-state index >= 15 is 0 Å². The third-order valence-electron chi connectivity index (χ3n) is 4.44. The summed E-state index contributed by atoms with van der Waals surface area (Å²) in [7, 11) is 0. The van der Waals surface area contributed by atoms with Gasteiger partial charge in [0.1, 0.15) is 18.4 Å². The minimum absolute atomic E-state index is 0.191. The van der Waals surface area contributed by atoms with Crippen LogP contribution < -0.4 is 15.0 Å². The number of hydrogen-bond donors (Lipinski definition) is 1. The summed E-state index contributed by atoms with van der Waals surface area (Å²) in [5, 5.41) is 7.74. The van der Waals surface area contributed by atoms with E-state index in [-0.39, 0.29) is 17.8 Å². The van der Waals surface area contributed by atoms with Crippen molar-refractivity contribution in [1.82, 2.24) is 20.1 Å². The Morgan fingerprint density at radius 3 is 2.92 bits per heavy atom. The van der Waals surface area contributed by atoms with Gasteiger partial charge < -0.3 is 15.0 Å². The first-order valence-electron chi connectivity index (χ1n) is 8.62. The summed E-state index contributed by atoms with van der Waals surface area (Å²) in [4.78, 5) is 6.02. The fraction of sp³-hybridized carbons (Fsp3) is 0.529. The third-order valence-corrected chi connectivity index (χ3v) is 4.44. The molecule has 0 bridgehead atoms. The molecule has 1 N–H and O–H groups in total. The zero-order valence-electron chi connectivity index (χ0n) is 14.5. The molecular formula is C17H22F3N5O. The first-order chi connectivity index (χ1) is 12.4. The zero-order valence-corrected chi connectivity index (χ0v) is 14.5. The molecule has 9 heteroatoms. The lowest BCUT2D eigenvalue weighted by molar-refractivity contribution is -0.274. The highest BCUT2D eigenvalue weighted by molar-refractivity contribution is 5.51. The second-order valence-corrected chi connectivity index (χ2v) is 6.37. The van der Waals surface area contributed by atoms with Crippen molar-refractivity contribution in [2.24, 2.45) is 0 Å². The van der Waals surface area contributed by atoms with Gasteiger partial charge in [-0.1, -0.05) is 13.0 Å². The molecule has 3 rings (SSSR count). The molecule has 0 spiro atoms. The lowest BCUT2D eigenvalue weighted by Gasteiger charge is -2.23. The van der Waals surface area contributed by atoms with Gasteiger partial charge in [0.15, 0.2) is 0 Å². The molecule has 26 heavy (non-hydrogen) atoms. The summed E-state index contributed by atoms with van der Waals surface area (Å²) in [6, 6.07) is 6.67. The Morgan fingerprint density at radius 1 is 1.38 bits per heavy atom. The first kappa shape index (κ1) is 18.5. The molecule has 1 aromatic heterocycles. The molecule has 1 aliphatic heterocycles. The summed E-state index contributed by atoms with van der Waals surface area (Å²) < 4.78 is 43.0. The average molecular weight is 369 g/mol. The van der Waals surface area contributed by atoms with Crippen molar-refractivity contribution in [3.05, 3.63) is 36.9 Å². The Balaban J connectivity index is 1.57. The zero-order chi connectivity index (χ0) is 18.6. The number of halogens is 3. The lowest BCUT2D eigenvalue weighted by atomic mass is 10.1. The molecule has 0 amide bonds. The van der Waals surface area contributed by atoms with E-state index in [1.807, 2.05) is 0 Å². The predicted molar refractivity (Wildman–Crippen MR) is 91.0 cm³/mol. The Morgan fingerprint density at radius 2 is 2.23 bits per heavy atom. The SMILES string of the molecule is CCC(Cn1cncn1)NC1CCN(c2cccc(OC(F)(F)F)c2)C1. The average Bonchev–Trinajstić information content (AvgIpc) is 3.25. The van der Waals surface area contributed by atoms with Crippen molar-refractivity contribution in [2.45, 2.75) is 44.8 Å². The number of anilines is 1. The summed E-state index contributed by atoms with van der Waals surface area (Å²) in [6.07, 6.45) is 0.407. The van der Waals surface area contributed by atoms with Crippen LogP contribution >= 0.6 is 0 Å². The van der Waals surface area contributed by atoms with Crippen LogP contribution in [0, 0.1) is 0 Å². The number of ether oxygens (including phenoxy) is 1. The molecule has 6 nitrogen and oxygen atoms in total. The van der Waals surface area contributed by atoms with Crippen LogP contribution in [0.2, 0.25) is 0 Å². The van der Waals surface area contributed by atoms with Crippen LogP contribution in [0.3, 0.4) is 0 Å². The molecule has 142 valence electrons. The Hall–Kier alpha value is -2.29. The van der Waals surface area contributed by atoms with Gasteiger partial charge in [-0.2, -0.15) is 5.10 Å². The van der Waals surface area contributed by atoms with E-state index in [4.69, 9.17) is 0 Å². The first-order valence-corrected chi connectivity index (χ1v) is 8.62. The van der Waals surface area contributed by atoms with Crippen LogP contribution in [0.5, 0.6) is 5.75 Å². The van der Waals surface area contributed by atoms with Crippen LogP contribution in [-0.4, -0.2) is 46.3 Å². The number of hydrogen-bond acceptors (Lipinski definition) is 5. The van der Waals surface area contributed by atoms with Gasteiger partial charge in [0.25, 0.3) is 0 Å². The van der Waals surface area contributed by atoms with Gasteiger partial charge in [-0.3, -0.25) is 4.68 Å². The molecule has 0 saturated carbocycles. The molecular weight excluding hydrogens is 347 g/mol. The van der Waals surface area contributed by atoms with Gasteiger partial charge in [0, 0.05) is 36.9 Å². The maximum absolute atomic E-state index is 12.4. The second kappa shape index (κ2) is 7.94. The van der Waals surface area contributed by atoms with Crippen LogP contribution in [0.15, 0.2) is 36.9 Å². The van der Waals surface area contributed by atoms with Gasteiger partial charge in [-0.15, -0.1) is 13.2 Å². The maximum atomic E-state index is 12.4. The third kappa shape index (κ3) is 5.10. The predicted octanol–water partition coefficient (Wildman–Crippen LogP) is 2.82. The number of rotatable bonds is 7.